The molecule has 0 aromatic heterocycles. The Bertz CT molecular complexity index is 253. The monoisotopic (exact) mass is 150 g/mol. The molecular weight excluding hydrogens is 140 g/mol. The Hall–Kier alpha value is -1.38. The molecule has 0 amide bonds. The molecule has 0 radical (unpaired) electrons. The smallest absolute Gasteiger partial charge is 0.244 e. The third-order valence-electron chi connectivity index (χ3n) is 1.58. The number of rotatable bonds is 2. The van der Waals surface area contributed by atoms with Gasteiger partial charge in [-0.25, -0.2) is 0 Å². The third kappa shape index (κ3) is 1.77. The summed E-state index contributed by atoms with van der Waals surface area (Å²) in [7, 11) is 0. The molecule has 0 saturated heterocycles. The summed E-state index contributed by atoms with van der Waals surface area (Å²) in [4.78, 5) is 0.111. The van der Waals surface area contributed by atoms with Gasteiger partial charge in [-0.05, 0) is 17.5 Å². The van der Waals surface area contributed by atoms with Gasteiger partial charge in [0.2, 0.25) is 5.69 Å². The van der Waals surface area contributed by atoms with Crippen molar-refractivity contribution in [2.45, 2.75) is 13.3 Å². The number of nitrogens with one attached hydrogen (secondary N) is 1. The van der Waals surface area contributed by atoms with E-state index in [1.165, 1.54) is 5.56 Å². The van der Waals surface area contributed by atoms with E-state index in [9.17, 15) is 5.21 Å². The van der Waals surface area contributed by atoms with E-state index in [0.29, 0.717) is 5.69 Å². The fourth-order valence-corrected chi connectivity index (χ4v) is 0.867. The maximum atomic E-state index is 10.4. The molecule has 0 saturated carbocycles. The number of nitrogens with zero attached hydrogens (tertiary/aromatic N) is 1. The van der Waals surface area contributed by atoms with E-state index >= 15 is 0 Å². The first-order valence-electron chi connectivity index (χ1n) is 3.51. The maximum Gasteiger partial charge on any atom is 0.244 e. The molecule has 0 heterocycles. The van der Waals surface area contributed by atoms with Gasteiger partial charge in [-0.15, -0.1) is 0 Å². The van der Waals surface area contributed by atoms with Gasteiger partial charge in [0.25, 0.3) is 0 Å². The van der Waals surface area contributed by atoms with Crippen LogP contribution in [-0.4, -0.2) is 4.86 Å². The Morgan fingerprint density at radius 3 is 2.27 bits per heavy atom. The van der Waals surface area contributed by atoms with Gasteiger partial charge < -0.3 is 5.21 Å². The predicted octanol–water partition coefficient (Wildman–Crippen LogP) is 2.42. The summed E-state index contributed by atoms with van der Waals surface area (Å²) in [5.41, 5.74) is 8.28. The Balaban J connectivity index is 2.91. The van der Waals surface area contributed by atoms with Crippen molar-refractivity contribution < 1.29 is 4.86 Å². The molecule has 3 nitrogen and oxygen atoms in total. The SMILES string of the molecule is CCc1ccc([N+](=N)[O-])cc1. The van der Waals surface area contributed by atoms with Crippen LogP contribution in [0.1, 0.15) is 12.5 Å². The fourth-order valence-electron chi connectivity index (χ4n) is 0.867. The zero-order chi connectivity index (χ0) is 8.27. The molecular formula is C8H10N2O. The van der Waals surface area contributed by atoms with Crippen LogP contribution in [0.2, 0.25) is 0 Å². The van der Waals surface area contributed by atoms with E-state index < -0.39 is 0 Å². The van der Waals surface area contributed by atoms with Gasteiger partial charge in [-0.2, -0.15) is 0 Å². The zero-order valence-electron chi connectivity index (χ0n) is 6.37. The first-order chi connectivity index (χ1) is 5.24. The molecule has 0 fully saturated rings. The van der Waals surface area contributed by atoms with Gasteiger partial charge in [0.05, 0.1) is 0 Å². The van der Waals surface area contributed by atoms with Crippen LogP contribution >= 0.6 is 0 Å². The van der Waals surface area contributed by atoms with E-state index in [2.05, 4.69) is 0 Å². The first kappa shape index (κ1) is 7.72. The quantitative estimate of drug-likeness (QED) is 0.393. The number of aryl methyl sites for hydroxylation is 1. The highest BCUT2D eigenvalue weighted by Gasteiger charge is 1.98. The zero-order valence-corrected chi connectivity index (χ0v) is 6.37. The molecule has 58 valence electrons. The van der Waals surface area contributed by atoms with Crippen molar-refractivity contribution in [3.8, 4) is 0 Å². The minimum Gasteiger partial charge on any atom is -0.594 e. The summed E-state index contributed by atoms with van der Waals surface area (Å²) in [5.74, 6) is 0. The second kappa shape index (κ2) is 3.14. The summed E-state index contributed by atoms with van der Waals surface area (Å²) in [6, 6.07) is 7.02. The lowest BCUT2D eigenvalue weighted by atomic mass is 10.2. The summed E-state index contributed by atoms with van der Waals surface area (Å²) in [5, 5.41) is 10.4. The molecule has 1 N–H and O–H groups in total. The van der Waals surface area contributed by atoms with E-state index in [1.54, 1.807) is 12.1 Å². The highest BCUT2D eigenvalue weighted by atomic mass is 16.5. The van der Waals surface area contributed by atoms with E-state index in [0.717, 1.165) is 6.42 Å². The van der Waals surface area contributed by atoms with Gasteiger partial charge in [0.15, 0.2) is 0 Å². The van der Waals surface area contributed by atoms with Crippen LogP contribution in [0.5, 0.6) is 0 Å². The number of hydrogen-bond donors (Lipinski definition) is 1. The van der Waals surface area contributed by atoms with Gasteiger partial charge in [0, 0.05) is 12.1 Å². The lowest BCUT2D eigenvalue weighted by Crippen LogP contribution is -1.87. The van der Waals surface area contributed by atoms with E-state index in [4.69, 9.17) is 5.53 Å². The summed E-state index contributed by atoms with van der Waals surface area (Å²) >= 11 is 0. The molecule has 0 bridgehead atoms. The Morgan fingerprint density at radius 1 is 1.36 bits per heavy atom. The largest absolute Gasteiger partial charge is 0.594 e. The van der Waals surface area contributed by atoms with Crippen molar-refractivity contribution >= 4 is 5.69 Å². The average Bonchev–Trinajstić information content (AvgIpc) is 2.05. The summed E-state index contributed by atoms with van der Waals surface area (Å²) < 4.78 is 0. The molecule has 0 atom stereocenters. The summed E-state index contributed by atoms with van der Waals surface area (Å²) in [6.45, 7) is 2.05. The third-order valence-corrected chi connectivity index (χ3v) is 1.58. The fraction of sp³-hybridized carbons (Fsp3) is 0.250. The lowest BCUT2D eigenvalue weighted by molar-refractivity contribution is -0.465. The standard InChI is InChI=1S/C8H10N2O/c1-2-7-3-5-8(6-4-7)10(9)11/h3-6,9H,2H2,1H3. The Kier molecular flexibility index (Phi) is 2.21. The minimum absolute atomic E-state index is 0.111. The second-order valence-corrected chi connectivity index (χ2v) is 2.31. The molecule has 0 unspecified atom stereocenters. The predicted molar refractivity (Wildman–Crippen MR) is 41.8 cm³/mol. The molecule has 11 heavy (non-hydrogen) atoms. The number of hydrogen-bond acceptors (Lipinski definition) is 2. The highest BCUT2D eigenvalue weighted by molar-refractivity contribution is 5.32. The second-order valence-electron chi connectivity index (χ2n) is 2.31. The van der Waals surface area contributed by atoms with Crippen molar-refractivity contribution in [1.82, 2.24) is 0 Å². The van der Waals surface area contributed by atoms with Crippen LogP contribution in [0.4, 0.5) is 5.69 Å². The van der Waals surface area contributed by atoms with E-state index in [-0.39, 0.29) is 4.86 Å². The molecule has 0 aliphatic rings. The molecule has 0 aliphatic heterocycles. The molecule has 0 aliphatic carbocycles. The van der Waals surface area contributed by atoms with Crippen LogP contribution in [-0.2, 0) is 6.42 Å². The van der Waals surface area contributed by atoms with Crippen molar-refractivity contribution in [2.24, 2.45) is 0 Å². The van der Waals surface area contributed by atoms with Gasteiger partial charge in [-0.1, -0.05) is 23.9 Å². The molecule has 0 spiro atoms. The van der Waals surface area contributed by atoms with Crippen LogP contribution in [0.15, 0.2) is 24.3 Å². The lowest BCUT2D eigenvalue weighted by Gasteiger charge is -1.97. The van der Waals surface area contributed by atoms with Crippen molar-refractivity contribution in [2.75, 3.05) is 0 Å². The van der Waals surface area contributed by atoms with Crippen LogP contribution in [0, 0.1) is 10.7 Å². The number of benzene rings is 1. The van der Waals surface area contributed by atoms with Crippen molar-refractivity contribution in [3.05, 3.63) is 35.0 Å². The Labute approximate surface area is 65.4 Å². The van der Waals surface area contributed by atoms with Crippen LogP contribution < -0.4 is 0 Å². The molecule has 3 heteroatoms. The van der Waals surface area contributed by atoms with Gasteiger partial charge >= 0.3 is 0 Å². The van der Waals surface area contributed by atoms with Gasteiger partial charge in [-0.3, -0.25) is 0 Å². The van der Waals surface area contributed by atoms with Crippen LogP contribution in [0.3, 0.4) is 0 Å². The molecule has 1 aromatic rings. The summed E-state index contributed by atoms with van der Waals surface area (Å²) in [6.07, 6.45) is 0.955. The average molecular weight is 150 g/mol. The topological polar surface area (TPSA) is 49.9 Å². The molecule has 1 rings (SSSR count). The van der Waals surface area contributed by atoms with Crippen molar-refractivity contribution in [1.29, 1.82) is 5.53 Å². The van der Waals surface area contributed by atoms with Gasteiger partial charge in [0.1, 0.15) is 0 Å². The normalized spacial score (nSPS) is 9.55. The minimum atomic E-state index is 0.111. The molecule has 1 aromatic carbocycles. The van der Waals surface area contributed by atoms with E-state index in [1.807, 2.05) is 19.1 Å². The maximum absolute atomic E-state index is 10.4. The van der Waals surface area contributed by atoms with Crippen molar-refractivity contribution in [3.63, 3.8) is 0 Å². The Morgan fingerprint density at radius 2 is 1.91 bits per heavy atom. The van der Waals surface area contributed by atoms with Crippen LogP contribution in [0.25, 0.3) is 0 Å². The highest BCUT2D eigenvalue weighted by Crippen LogP contribution is 2.11. The first-order valence-corrected chi connectivity index (χ1v) is 3.51.